The van der Waals surface area contributed by atoms with Crippen molar-refractivity contribution in [3.8, 4) is 11.5 Å². The van der Waals surface area contributed by atoms with Gasteiger partial charge in [0.15, 0.2) is 17.1 Å². The highest BCUT2D eigenvalue weighted by Gasteiger charge is 2.23. The van der Waals surface area contributed by atoms with Gasteiger partial charge in [0.2, 0.25) is 5.91 Å². The second kappa shape index (κ2) is 7.94. The SMILES string of the molecule is CC[C@@H](C(=O)NCc1cccc(OC)c1OC)n1ncn2c(cc3occc32)c1=O. The van der Waals surface area contributed by atoms with Crippen LogP contribution in [-0.4, -0.2) is 34.3 Å². The molecule has 0 aliphatic heterocycles. The Morgan fingerprint density at radius 3 is 2.80 bits per heavy atom. The van der Waals surface area contributed by atoms with Gasteiger partial charge in [0.1, 0.15) is 17.9 Å². The number of nitrogens with zero attached hydrogens (tertiary/aromatic N) is 3. The molecule has 1 amide bonds. The van der Waals surface area contributed by atoms with E-state index in [0.29, 0.717) is 29.0 Å². The lowest BCUT2D eigenvalue weighted by atomic mass is 10.1. The Morgan fingerprint density at radius 1 is 1.23 bits per heavy atom. The van der Waals surface area contributed by atoms with Gasteiger partial charge in [-0.15, -0.1) is 0 Å². The number of methoxy groups -OCH3 is 2. The molecule has 0 saturated heterocycles. The zero-order valence-corrected chi connectivity index (χ0v) is 16.9. The fourth-order valence-corrected chi connectivity index (χ4v) is 3.60. The summed E-state index contributed by atoms with van der Waals surface area (Å²) < 4.78 is 18.9. The molecule has 0 fully saturated rings. The molecule has 0 bridgehead atoms. The lowest BCUT2D eigenvalue weighted by Gasteiger charge is -2.18. The maximum absolute atomic E-state index is 13.0. The summed E-state index contributed by atoms with van der Waals surface area (Å²) in [4.78, 5) is 25.9. The van der Waals surface area contributed by atoms with Gasteiger partial charge >= 0.3 is 0 Å². The number of ether oxygens (including phenoxy) is 2. The summed E-state index contributed by atoms with van der Waals surface area (Å²) in [6, 6.07) is 8.11. The van der Waals surface area contributed by atoms with Crippen molar-refractivity contribution in [2.75, 3.05) is 14.2 Å². The number of benzene rings is 1. The number of para-hydroxylation sites is 1. The molecule has 30 heavy (non-hydrogen) atoms. The highest BCUT2D eigenvalue weighted by molar-refractivity contribution is 5.83. The number of hydrogen-bond donors (Lipinski definition) is 1. The number of hydrogen-bond acceptors (Lipinski definition) is 6. The minimum absolute atomic E-state index is 0.227. The van der Waals surface area contributed by atoms with Gasteiger partial charge in [-0.1, -0.05) is 19.1 Å². The molecule has 9 heteroatoms. The van der Waals surface area contributed by atoms with Gasteiger partial charge in [-0.05, 0) is 12.5 Å². The van der Waals surface area contributed by atoms with Gasteiger partial charge in [0, 0.05) is 24.2 Å². The number of amides is 1. The predicted octanol–water partition coefficient (Wildman–Crippen LogP) is 2.53. The molecule has 0 aliphatic rings. The molecule has 9 nitrogen and oxygen atoms in total. The monoisotopic (exact) mass is 410 g/mol. The first-order valence-corrected chi connectivity index (χ1v) is 9.52. The van der Waals surface area contributed by atoms with E-state index >= 15 is 0 Å². The van der Waals surface area contributed by atoms with E-state index in [1.807, 2.05) is 19.1 Å². The fourth-order valence-electron chi connectivity index (χ4n) is 3.60. The number of nitrogens with one attached hydrogen (secondary N) is 1. The van der Waals surface area contributed by atoms with Gasteiger partial charge < -0.3 is 19.2 Å². The summed E-state index contributed by atoms with van der Waals surface area (Å²) in [6.45, 7) is 2.06. The van der Waals surface area contributed by atoms with Crippen molar-refractivity contribution in [2.24, 2.45) is 0 Å². The van der Waals surface area contributed by atoms with Crippen molar-refractivity contribution in [2.45, 2.75) is 25.9 Å². The van der Waals surface area contributed by atoms with Crippen LogP contribution in [0.5, 0.6) is 11.5 Å². The zero-order valence-electron chi connectivity index (χ0n) is 16.9. The molecule has 156 valence electrons. The van der Waals surface area contributed by atoms with E-state index in [1.54, 1.807) is 43.1 Å². The summed E-state index contributed by atoms with van der Waals surface area (Å²) in [5, 5.41) is 7.11. The van der Waals surface area contributed by atoms with Crippen LogP contribution in [0.1, 0.15) is 24.9 Å². The van der Waals surface area contributed by atoms with Crippen LogP contribution in [0.15, 0.2) is 52.1 Å². The third-order valence-corrected chi connectivity index (χ3v) is 5.10. The summed E-state index contributed by atoms with van der Waals surface area (Å²) >= 11 is 0. The van der Waals surface area contributed by atoms with Crippen molar-refractivity contribution in [1.82, 2.24) is 19.5 Å². The highest BCUT2D eigenvalue weighted by atomic mass is 16.5. The Morgan fingerprint density at radius 2 is 2.07 bits per heavy atom. The highest BCUT2D eigenvalue weighted by Crippen LogP contribution is 2.30. The number of rotatable bonds is 7. The lowest BCUT2D eigenvalue weighted by molar-refractivity contribution is -0.125. The number of fused-ring (bicyclic) bond motifs is 3. The minimum Gasteiger partial charge on any atom is -0.493 e. The molecule has 0 aliphatic carbocycles. The van der Waals surface area contributed by atoms with Crippen molar-refractivity contribution in [3.05, 3.63) is 58.8 Å². The first-order chi connectivity index (χ1) is 14.6. The third kappa shape index (κ3) is 3.18. The van der Waals surface area contributed by atoms with Crippen LogP contribution in [0.25, 0.3) is 16.6 Å². The number of furan rings is 1. The Bertz CT molecular complexity index is 1270. The average Bonchev–Trinajstić information content (AvgIpc) is 3.36. The molecule has 1 N–H and O–H groups in total. The van der Waals surface area contributed by atoms with E-state index < -0.39 is 6.04 Å². The Labute approximate surface area is 171 Å². The van der Waals surface area contributed by atoms with Crippen LogP contribution in [0.3, 0.4) is 0 Å². The third-order valence-electron chi connectivity index (χ3n) is 5.10. The maximum Gasteiger partial charge on any atom is 0.291 e. The molecule has 3 heterocycles. The van der Waals surface area contributed by atoms with Crippen molar-refractivity contribution >= 4 is 22.5 Å². The lowest BCUT2D eigenvalue weighted by Crippen LogP contribution is -2.38. The Balaban J connectivity index is 1.60. The van der Waals surface area contributed by atoms with E-state index in [1.165, 1.54) is 11.0 Å². The van der Waals surface area contributed by atoms with E-state index in [0.717, 1.165) is 11.1 Å². The van der Waals surface area contributed by atoms with Crippen LogP contribution in [-0.2, 0) is 11.3 Å². The van der Waals surface area contributed by atoms with E-state index in [4.69, 9.17) is 13.9 Å². The molecule has 3 aromatic heterocycles. The molecule has 0 saturated carbocycles. The first-order valence-electron chi connectivity index (χ1n) is 9.52. The van der Waals surface area contributed by atoms with Gasteiger partial charge in [-0.25, -0.2) is 4.68 Å². The predicted molar refractivity (Wildman–Crippen MR) is 110 cm³/mol. The fraction of sp³-hybridized carbons (Fsp3) is 0.286. The largest absolute Gasteiger partial charge is 0.493 e. The van der Waals surface area contributed by atoms with E-state index in [2.05, 4.69) is 10.4 Å². The Hall–Kier alpha value is -3.75. The topological polar surface area (TPSA) is 100 Å². The second-order valence-electron chi connectivity index (χ2n) is 6.74. The molecular weight excluding hydrogens is 388 g/mol. The maximum atomic E-state index is 13.0. The minimum atomic E-state index is -0.750. The second-order valence-corrected chi connectivity index (χ2v) is 6.74. The van der Waals surface area contributed by atoms with Crippen molar-refractivity contribution < 1.29 is 18.7 Å². The summed E-state index contributed by atoms with van der Waals surface area (Å²) in [5.74, 6) is 0.828. The molecular formula is C21H22N4O5. The van der Waals surface area contributed by atoms with Crippen molar-refractivity contribution in [1.29, 1.82) is 0 Å². The molecule has 4 aromatic rings. The zero-order chi connectivity index (χ0) is 21.3. The van der Waals surface area contributed by atoms with Gasteiger partial charge in [0.25, 0.3) is 5.56 Å². The molecule has 0 spiro atoms. The number of aromatic nitrogens is 3. The van der Waals surface area contributed by atoms with Gasteiger partial charge in [0.05, 0.1) is 26.0 Å². The summed E-state index contributed by atoms with van der Waals surface area (Å²) in [7, 11) is 3.10. The summed E-state index contributed by atoms with van der Waals surface area (Å²) in [6.07, 6.45) is 3.48. The van der Waals surface area contributed by atoms with Crippen LogP contribution in [0, 0.1) is 0 Å². The molecule has 4 rings (SSSR count). The first kappa shape index (κ1) is 19.6. The van der Waals surface area contributed by atoms with E-state index in [9.17, 15) is 9.59 Å². The van der Waals surface area contributed by atoms with Gasteiger partial charge in [-0.3, -0.25) is 14.0 Å². The Kier molecular flexibility index (Phi) is 5.18. The quantitative estimate of drug-likeness (QED) is 0.503. The standard InChI is InChI=1S/C21H22N4O5/c1-4-14(20(26)22-11-13-6-5-7-17(28-2)19(13)29-3)25-21(27)16-10-18-15(8-9-30-18)24(16)12-23-25/h5-10,12,14H,4,11H2,1-3H3,(H,22,26)/t14-/m0/s1. The smallest absolute Gasteiger partial charge is 0.291 e. The van der Waals surface area contributed by atoms with Crippen molar-refractivity contribution in [3.63, 3.8) is 0 Å². The molecule has 0 unspecified atom stereocenters. The van der Waals surface area contributed by atoms with E-state index in [-0.39, 0.29) is 18.0 Å². The van der Waals surface area contributed by atoms with Crippen LogP contribution >= 0.6 is 0 Å². The van der Waals surface area contributed by atoms with Crippen LogP contribution < -0.4 is 20.3 Å². The molecule has 1 atom stereocenters. The van der Waals surface area contributed by atoms with Crippen LogP contribution in [0.4, 0.5) is 0 Å². The molecule has 1 aromatic carbocycles. The summed E-state index contributed by atoms with van der Waals surface area (Å²) in [5.41, 5.74) is 2.16. The normalized spacial score (nSPS) is 12.2. The number of carbonyl (C=O) groups is 1. The number of carbonyl (C=O) groups excluding carboxylic acids is 1. The molecule has 0 radical (unpaired) electrons. The van der Waals surface area contributed by atoms with Gasteiger partial charge in [-0.2, -0.15) is 5.10 Å². The average molecular weight is 410 g/mol. The van der Waals surface area contributed by atoms with Crippen LogP contribution in [0.2, 0.25) is 0 Å².